The van der Waals surface area contributed by atoms with Gasteiger partial charge in [-0.1, -0.05) is 23.2 Å². The number of rotatable bonds is 1. The van der Waals surface area contributed by atoms with Crippen LogP contribution < -0.4 is 0 Å². The van der Waals surface area contributed by atoms with E-state index in [1.807, 2.05) is 7.05 Å². The molecule has 1 fully saturated rings. The fraction of sp³-hybridized carbons (Fsp3) is 0.455. The van der Waals surface area contributed by atoms with Gasteiger partial charge in [0, 0.05) is 32.4 Å². The summed E-state index contributed by atoms with van der Waals surface area (Å²) in [6.07, 6.45) is 1.41. The molecule has 0 aliphatic carbocycles. The highest BCUT2D eigenvalue weighted by atomic mass is 35.5. The predicted octanol–water partition coefficient (Wildman–Crippen LogP) is 1.78. The minimum atomic E-state index is -0.0765. The number of amides is 1. The zero-order valence-electron chi connectivity index (χ0n) is 9.49. The SMILES string of the molecule is CN1CCN(C(=O)c2cc(Cl)ncc2Cl)CC1. The summed E-state index contributed by atoms with van der Waals surface area (Å²) >= 11 is 11.7. The van der Waals surface area contributed by atoms with Gasteiger partial charge < -0.3 is 9.80 Å². The molecule has 0 spiro atoms. The lowest BCUT2D eigenvalue weighted by molar-refractivity contribution is 0.0664. The highest BCUT2D eigenvalue weighted by molar-refractivity contribution is 6.35. The minimum absolute atomic E-state index is 0.0765. The van der Waals surface area contributed by atoms with Crippen molar-refractivity contribution in [3.8, 4) is 0 Å². The molecule has 0 bridgehead atoms. The summed E-state index contributed by atoms with van der Waals surface area (Å²) in [4.78, 5) is 20.0. The van der Waals surface area contributed by atoms with Crippen LogP contribution in [0.15, 0.2) is 12.3 Å². The van der Waals surface area contributed by atoms with Crippen LogP contribution in [0, 0.1) is 0 Å². The molecule has 0 aromatic carbocycles. The molecule has 1 aromatic heterocycles. The third-order valence-corrected chi connectivity index (χ3v) is 3.35. The maximum Gasteiger partial charge on any atom is 0.255 e. The van der Waals surface area contributed by atoms with Gasteiger partial charge in [-0.05, 0) is 13.1 Å². The van der Waals surface area contributed by atoms with Crippen LogP contribution in [0.4, 0.5) is 0 Å². The topological polar surface area (TPSA) is 36.4 Å². The summed E-state index contributed by atoms with van der Waals surface area (Å²) in [5.41, 5.74) is 0.427. The van der Waals surface area contributed by atoms with E-state index < -0.39 is 0 Å². The summed E-state index contributed by atoms with van der Waals surface area (Å²) in [6, 6.07) is 1.52. The molecule has 1 aliphatic rings. The third-order valence-electron chi connectivity index (χ3n) is 2.84. The molecule has 1 aromatic rings. The van der Waals surface area contributed by atoms with Gasteiger partial charge in [0.2, 0.25) is 0 Å². The molecule has 0 atom stereocenters. The van der Waals surface area contributed by atoms with Crippen molar-refractivity contribution in [3.05, 3.63) is 28.0 Å². The number of piperazine rings is 1. The summed E-state index contributed by atoms with van der Waals surface area (Å²) in [6.45, 7) is 3.18. The van der Waals surface area contributed by atoms with Crippen molar-refractivity contribution in [1.82, 2.24) is 14.8 Å². The number of hydrogen-bond acceptors (Lipinski definition) is 3. The monoisotopic (exact) mass is 273 g/mol. The molecular formula is C11H13Cl2N3O. The number of nitrogens with zero attached hydrogens (tertiary/aromatic N) is 3. The van der Waals surface area contributed by atoms with Crippen molar-refractivity contribution in [1.29, 1.82) is 0 Å². The van der Waals surface area contributed by atoms with E-state index in [2.05, 4.69) is 9.88 Å². The van der Waals surface area contributed by atoms with Crippen molar-refractivity contribution < 1.29 is 4.79 Å². The number of aromatic nitrogens is 1. The summed E-state index contributed by atoms with van der Waals surface area (Å²) in [7, 11) is 2.04. The first-order chi connectivity index (χ1) is 8.08. The van der Waals surface area contributed by atoms with Crippen molar-refractivity contribution in [3.63, 3.8) is 0 Å². The van der Waals surface area contributed by atoms with Gasteiger partial charge >= 0.3 is 0 Å². The average molecular weight is 274 g/mol. The van der Waals surface area contributed by atoms with Crippen molar-refractivity contribution in [2.24, 2.45) is 0 Å². The average Bonchev–Trinajstić information content (AvgIpc) is 2.32. The van der Waals surface area contributed by atoms with E-state index in [0.29, 0.717) is 23.7 Å². The van der Waals surface area contributed by atoms with Gasteiger partial charge in [-0.2, -0.15) is 0 Å². The molecule has 92 valence electrons. The first kappa shape index (κ1) is 12.6. The quantitative estimate of drug-likeness (QED) is 0.732. The van der Waals surface area contributed by atoms with Crippen LogP contribution >= 0.6 is 23.2 Å². The Morgan fingerprint density at radius 3 is 2.59 bits per heavy atom. The molecule has 0 radical (unpaired) electrons. The van der Waals surface area contributed by atoms with Crippen LogP contribution in [0.2, 0.25) is 10.2 Å². The van der Waals surface area contributed by atoms with E-state index in [0.717, 1.165) is 13.1 Å². The van der Waals surface area contributed by atoms with E-state index in [-0.39, 0.29) is 11.1 Å². The van der Waals surface area contributed by atoms with E-state index in [9.17, 15) is 4.79 Å². The molecule has 0 unspecified atom stereocenters. The van der Waals surface area contributed by atoms with Gasteiger partial charge in [0.05, 0.1) is 10.6 Å². The predicted molar refractivity (Wildman–Crippen MR) is 67.7 cm³/mol. The zero-order valence-corrected chi connectivity index (χ0v) is 11.0. The van der Waals surface area contributed by atoms with Gasteiger partial charge in [0.25, 0.3) is 5.91 Å². The van der Waals surface area contributed by atoms with Gasteiger partial charge in [0.1, 0.15) is 5.15 Å². The van der Waals surface area contributed by atoms with E-state index >= 15 is 0 Å². The minimum Gasteiger partial charge on any atom is -0.336 e. The summed E-state index contributed by atoms with van der Waals surface area (Å²) in [5, 5.41) is 0.630. The van der Waals surface area contributed by atoms with Crippen LogP contribution in [0.3, 0.4) is 0 Å². The van der Waals surface area contributed by atoms with E-state index in [1.165, 1.54) is 12.3 Å². The Morgan fingerprint density at radius 1 is 1.29 bits per heavy atom. The molecule has 1 saturated heterocycles. The fourth-order valence-corrected chi connectivity index (χ4v) is 2.10. The lowest BCUT2D eigenvalue weighted by atomic mass is 10.2. The van der Waals surface area contributed by atoms with Crippen LogP contribution in [-0.4, -0.2) is 53.9 Å². The Balaban J connectivity index is 2.16. The lowest BCUT2D eigenvalue weighted by Crippen LogP contribution is -2.47. The largest absolute Gasteiger partial charge is 0.336 e. The third kappa shape index (κ3) is 2.89. The van der Waals surface area contributed by atoms with Crippen LogP contribution in [0.1, 0.15) is 10.4 Å². The maximum absolute atomic E-state index is 12.2. The van der Waals surface area contributed by atoms with Crippen molar-refractivity contribution in [2.45, 2.75) is 0 Å². The Bertz CT molecular complexity index is 431. The first-order valence-corrected chi connectivity index (χ1v) is 6.12. The second-order valence-electron chi connectivity index (χ2n) is 4.08. The van der Waals surface area contributed by atoms with Crippen molar-refractivity contribution in [2.75, 3.05) is 33.2 Å². The Kier molecular flexibility index (Phi) is 3.86. The van der Waals surface area contributed by atoms with Crippen LogP contribution in [-0.2, 0) is 0 Å². The molecule has 0 N–H and O–H groups in total. The number of pyridine rings is 1. The highest BCUT2D eigenvalue weighted by Gasteiger charge is 2.22. The first-order valence-electron chi connectivity index (χ1n) is 5.37. The normalized spacial score (nSPS) is 17.2. The summed E-state index contributed by atoms with van der Waals surface area (Å²) < 4.78 is 0. The Morgan fingerprint density at radius 2 is 1.94 bits per heavy atom. The van der Waals surface area contributed by atoms with Crippen molar-refractivity contribution >= 4 is 29.1 Å². The number of carbonyl (C=O) groups is 1. The molecule has 2 rings (SSSR count). The van der Waals surface area contributed by atoms with Gasteiger partial charge in [-0.15, -0.1) is 0 Å². The fourth-order valence-electron chi connectivity index (χ4n) is 1.76. The number of likely N-dealkylation sites (N-methyl/N-ethyl adjacent to an activating group) is 1. The maximum atomic E-state index is 12.2. The lowest BCUT2D eigenvalue weighted by Gasteiger charge is -2.32. The number of halogens is 2. The Labute approximate surface area is 110 Å². The standard InChI is InChI=1S/C11H13Cl2N3O/c1-15-2-4-16(5-3-15)11(17)8-6-10(13)14-7-9(8)12/h6-7H,2-5H2,1H3. The highest BCUT2D eigenvalue weighted by Crippen LogP contribution is 2.20. The van der Waals surface area contributed by atoms with E-state index in [4.69, 9.17) is 23.2 Å². The molecule has 6 heteroatoms. The smallest absolute Gasteiger partial charge is 0.255 e. The molecular weight excluding hydrogens is 261 g/mol. The van der Waals surface area contributed by atoms with Gasteiger partial charge in [-0.25, -0.2) is 4.98 Å². The second kappa shape index (κ2) is 5.21. The molecule has 4 nitrogen and oxygen atoms in total. The number of carbonyl (C=O) groups excluding carboxylic acids is 1. The molecule has 0 saturated carbocycles. The van der Waals surface area contributed by atoms with Crippen LogP contribution in [0.5, 0.6) is 0 Å². The molecule has 1 amide bonds. The summed E-state index contributed by atoms with van der Waals surface area (Å²) in [5.74, 6) is -0.0765. The van der Waals surface area contributed by atoms with Gasteiger partial charge in [-0.3, -0.25) is 4.79 Å². The van der Waals surface area contributed by atoms with E-state index in [1.54, 1.807) is 4.90 Å². The number of hydrogen-bond donors (Lipinski definition) is 0. The second-order valence-corrected chi connectivity index (χ2v) is 4.88. The van der Waals surface area contributed by atoms with Gasteiger partial charge in [0.15, 0.2) is 0 Å². The zero-order chi connectivity index (χ0) is 12.4. The molecule has 1 aliphatic heterocycles. The van der Waals surface area contributed by atoms with Crippen LogP contribution in [0.25, 0.3) is 0 Å². The molecule has 2 heterocycles. The molecule has 17 heavy (non-hydrogen) atoms. The Hall–Kier alpha value is -0.840.